The maximum absolute atomic E-state index is 8.80. The van der Waals surface area contributed by atoms with E-state index in [0.29, 0.717) is 10.8 Å². The van der Waals surface area contributed by atoms with Gasteiger partial charge in [0.2, 0.25) is 0 Å². The predicted octanol–water partition coefficient (Wildman–Crippen LogP) is 1.41. The van der Waals surface area contributed by atoms with Gasteiger partial charge in [0.15, 0.2) is 5.82 Å². The molecule has 0 fully saturated rings. The van der Waals surface area contributed by atoms with Crippen LogP contribution in [0.15, 0.2) is 30.6 Å². The van der Waals surface area contributed by atoms with Crippen molar-refractivity contribution >= 4 is 11.6 Å². The highest BCUT2D eigenvalue weighted by atomic mass is 35.5. The minimum atomic E-state index is -0.169. The average molecular weight is 210 g/mol. The molecule has 2 aromatic rings. The second kappa shape index (κ2) is 3.77. The molecule has 0 aliphatic heterocycles. The van der Waals surface area contributed by atoms with Crippen LogP contribution in [-0.2, 0) is 6.61 Å². The van der Waals surface area contributed by atoms with E-state index < -0.39 is 0 Å². The second-order valence-corrected chi connectivity index (χ2v) is 3.12. The normalized spacial score (nSPS) is 10.4. The smallest absolute Gasteiger partial charge is 0.176 e. The zero-order valence-electron chi connectivity index (χ0n) is 7.26. The van der Waals surface area contributed by atoms with Gasteiger partial charge >= 0.3 is 0 Å². The van der Waals surface area contributed by atoms with Crippen molar-refractivity contribution in [1.82, 2.24) is 14.8 Å². The van der Waals surface area contributed by atoms with E-state index in [1.54, 1.807) is 6.07 Å². The highest BCUT2D eigenvalue weighted by Crippen LogP contribution is 2.18. The molecule has 0 radical (unpaired) electrons. The first-order valence-corrected chi connectivity index (χ1v) is 4.45. The number of hydrogen-bond acceptors (Lipinski definition) is 3. The number of hydrogen-bond donors (Lipinski definition) is 1. The van der Waals surface area contributed by atoms with Gasteiger partial charge < -0.3 is 5.11 Å². The van der Waals surface area contributed by atoms with Gasteiger partial charge in [-0.15, -0.1) is 5.10 Å². The Morgan fingerprint density at radius 2 is 2.14 bits per heavy atom. The molecule has 5 heteroatoms. The molecule has 0 aliphatic carbocycles. The van der Waals surface area contributed by atoms with E-state index in [4.69, 9.17) is 16.7 Å². The molecular weight excluding hydrogens is 202 g/mol. The zero-order chi connectivity index (χ0) is 9.97. The van der Waals surface area contributed by atoms with E-state index in [9.17, 15) is 0 Å². The molecule has 1 heterocycles. The Balaban J connectivity index is 2.44. The summed E-state index contributed by atoms with van der Waals surface area (Å²) < 4.78 is 1.54. The minimum Gasteiger partial charge on any atom is -0.388 e. The fourth-order valence-corrected chi connectivity index (χ4v) is 1.35. The summed E-state index contributed by atoms with van der Waals surface area (Å²) in [5.41, 5.74) is 0.751. The largest absolute Gasteiger partial charge is 0.388 e. The van der Waals surface area contributed by atoms with Gasteiger partial charge in [0, 0.05) is 0 Å². The summed E-state index contributed by atoms with van der Waals surface area (Å²) in [5, 5.41) is 13.4. The number of rotatable bonds is 2. The van der Waals surface area contributed by atoms with Crippen molar-refractivity contribution in [3.63, 3.8) is 0 Å². The topological polar surface area (TPSA) is 50.9 Å². The first-order valence-electron chi connectivity index (χ1n) is 4.07. The highest BCUT2D eigenvalue weighted by Gasteiger charge is 2.04. The monoisotopic (exact) mass is 209 g/mol. The molecule has 1 aromatic heterocycles. The summed E-state index contributed by atoms with van der Waals surface area (Å²) in [7, 11) is 0. The van der Waals surface area contributed by atoms with Crippen molar-refractivity contribution in [2.45, 2.75) is 6.61 Å². The SMILES string of the molecule is OCc1ncn(-c2ccccc2Cl)n1. The number of para-hydroxylation sites is 1. The lowest BCUT2D eigenvalue weighted by atomic mass is 10.3. The summed E-state index contributed by atoms with van der Waals surface area (Å²) in [6.07, 6.45) is 1.52. The molecule has 0 saturated heterocycles. The molecule has 0 bridgehead atoms. The molecule has 0 saturated carbocycles. The minimum absolute atomic E-state index is 0.169. The molecule has 4 nitrogen and oxygen atoms in total. The van der Waals surface area contributed by atoms with Gasteiger partial charge in [-0.05, 0) is 12.1 Å². The van der Waals surface area contributed by atoms with Gasteiger partial charge in [0.25, 0.3) is 0 Å². The molecular formula is C9H8ClN3O. The van der Waals surface area contributed by atoms with Gasteiger partial charge in [0.05, 0.1) is 10.7 Å². The van der Waals surface area contributed by atoms with Crippen LogP contribution >= 0.6 is 11.6 Å². The van der Waals surface area contributed by atoms with Crippen molar-refractivity contribution < 1.29 is 5.11 Å². The van der Waals surface area contributed by atoms with E-state index in [1.807, 2.05) is 18.2 Å². The number of nitrogens with zero attached hydrogens (tertiary/aromatic N) is 3. The molecule has 14 heavy (non-hydrogen) atoms. The third-order valence-corrected chi connectivity index (χ3v) is 2.10. The van der Waals surface area contributed by atoms with E-state index in [0.717, 1.165) is 5.69 Å². The summed E-state index contributed by atoms with van der Waals surface area (Å²) in [4.78, 5) is 3.90. The first-order chi connectivity index (χ1) is 6.81. The Bertz CT molecular complexity index is 441. The summed E-state index contributed by atoms with van der Waals surface area (Å²) >= 11 is 5.96. The van der Waals surface area contributed by atoms with Gasteiger partial charge in [-0.3, -0.25) is 0 Å². The van der Waals surface area contributed by atoms with Crippen molar-refractivity contribution in [3.05, 3.63) is 41.4 Å². The lowest BCUT2D eigenvalue weighted by Gasteiger charge is -2.01. The Morgan fingerprint density at radius 3 is 2.79 bits per heavy atom. The fourth-order valence-electron chi connectivity index (χ4n) is 1.12. The van der Waals surface area contributed by atoms with Crippen LogP contribution in [0.4, 0.5) is 0 Å². The van der Waals surface area contributed by atoms with Crippen LogP contribution in [0, 0.1) is 0 Å². The Kier molecular flexibility index (Phi) is 2.47. The van der Waals surface area contributed by atoms with Crippen LogP contribution in [0.3, 0.4) is 0 Å². The maximum atomic E-state index is 8.80. The highest BCUT2D eigenvalue weighted by molar-refractivity contribution is 6.32. The standard InChI is InChI=1S/C9H8ClN3O/c10-7-3-1-2-4-8(7)13-6-11-9(5-14)12-13/h1-4,6,14H,5H2. The molecule has 0 spiro atoms. The molecule has 2 rings (SSSR count). The molecule has 1 N–H and O–H groups in total. The molecule has 0 amide bonds. The zero-order valence-corrected chi connectivity index (χ0v) is 8.02. The van der Waals surface area contributed by atoms with Gasteiger partial charge in [-0.25, -0.2) is 9.67 Å². The van der Waals surface area contributed by atoms with E-state index in [1.165, 1.54) is 11.0 Å². The maximum Gasteiger partial charge on any atom is 0.176 e. The Hall–Kier alpha value is -1.39. The van der Waals surface area contributed by atoms with Crippen LogP contribution in [0.1, 0.15) is 5.82 Å². The molecule has 0 atom stereocenters. The van der Waals surface area contributed by atoms with E-state index in [2.05, 4.69) is 10.1 Å². The lowest BCUT2D eigenvalue weighted by molar-refractivity contribution is 0.271. The number of benzene rings is 1. The van der Waals surface area contributed by atoms with Crippen LogP contribution in [-0.4, -0.2) is 19.9 Å². The number of aliphatic hydroxyl groups is 1. The van der Waals surface area contributed by atoms with Crippen LogP contribution in [0.5, 0.6) is 0 Å². The Labute approximate surface area is 85.8 Å². The van der Waals surface area contributed by atoms with Crippen LogP contribution in [0.25, 0.3) is 5.69 Å². The number of aromatic nitrogens is 3. The molecule has 1 aromatic carbocycles. The summed E-state index contributed by atoms with van der Waals surface area (Å²) in [6, 6.07) is 7.31. The van der Waals surface area contributed by atoms with Crippen molar-refractivity contribution in [2.75, 3.05) is 0 Å². The van der Waals surface area contributed by atoms with Gasteiger partial charge in [0.1, 0.15) is 12.9 Å². The fraction of sp³-hybridized carbons (Fsp3) is 0.111. The summed E-state index contributed by atoms with van der Waals surface area (Å²) in [6.45, 7) is -0.169. The predicted molar refractivity (Wildman–Crippen MR) is 52.3 cm³/mol. The quantitative estimate of drug-likeness (QED) is 0.814. The van der Waals surface area contributed by atoms with E-state index in [-0.39, 0.29) is 6.61 Å². The average Bonchev–Trinajstić information content (AvgIpc) is 2.67. The van der Waals surface area contributed by atoms with Crippen LogP contribution in [0.2, 0.25) is 5.02 Å². The lowest BCUT2D eigenvalue weighted by Crippen LogP contribution is -1.96. The van der Waals surface area contributed by atoms with Crippen LogP contribution < -0.4 is 0 Å². The molecule has 72 valence electrons. The third-order valence-electron chi connectivity index (χ3n) is 1.78. The third kappa shape index (κ3) is 1.62. The van der Waals surface area contributed by atoms with Crippen molar-refractivity contribution in [3.8, 4) is 5.69 Å². The number of aliphatic hydroxyl groups excluding tert-OH is 1. The van der Waals surface area contributed by atoms with E-state index >= 15 is 0 Å². The molecule has 0 aliphatic rings. The van der Waals surface area contributed by atoms with Gasteiger partial charge in [-0.2, -0.15) is 0 Å². The number of halogens is 1. The molecule has 0 unspecified atom stereocenters. The Morgan fingerprint density at radius 1 is 1.36 bits per heavy atom. The van der Waals surface area contributed by atoms with Crippen molar-refractivity contribution in [2.24, 2.45) is 0 Å². The summed E-state index contributed by atoms with van der Waals surface area (Å²) in [5.74, 6) is 0.380. The first kappa shape index (κ1) is 9.18. The second-order valence-electron chi connectivity index (χ2n) is 2.71. The van der Waals surface area contributed by atoms with Gasteiger partial charge in [-0.1, -0.05) is 23.7 Å². The van der Waals surface area contributed by atoms with Crippen molar-refractivity contribution in [1.29, 1.82) is 0 Å².